The lowest BCUT2D eigenvalue weighted by atomic mass is 10.1. The van der Waals surface area contributed by atoms with Crippen LogP contribution in [-0.2, 0) is 29.2 Å². The molecule has 0 N–H and O–H groups in total. The van der Waals surface area contributed by atoms with Crippen molar-refractivity contribution in [1.29, 1.82) is 0 Å². The minimum atomic E-state index is -3.35. The SMILES string of the molecule is O=C(c1ccccc1)n1c(=O)c(F)cn(C[C@@H]2C(F)(F)C2(COCc2ccccc2)COCc2ccccc2)c1=O. The number of nitrogens with zero attached hydrogens (tertiary/aromatic N) is 2. The Bertz CT molecular complexity index is 1580. The molecule has 1 aliphatic carbocycles. The van der Waals surface area contributed by atoms with Crippen LogP contribution in [0.15, 0.2) is 107 Å². The van der Waals surface area contributed by atoms with Gasteiger partial charge in [0.25, 0.3) is 17.4 Å². The van der Waals surface area contributed by atoms with Crippen molar-refractivity contribution in [3.8, 4) is 0 Å². The maximum atomic E-state index is 15.6. The van der Waals surface area contributed by atoms with E-state index in [1.54, 1.807) is 54.6 Å². The van der Waals surface area contributed by atoms with Gasteiger partial charge in [-0.15, -0.1) is 0 Å². The zero-order valence-corrected chi connectivity index (χ0v) is 21.9. The topological polar surface area (TPSA) is 79.5 Å². The van der Waals surface area contributed by atoms with Crippen LogP contribution in [0.1, 0.15) is 21.5 Å². The normalized spacial score (nSPS) is 16.8. The van der Waals surface area contributed by atoms with Crippen LogP contribution in [0.3, 0.4) is 0 Å². The van der Waals surface area contributed by atoms with Gasteiger partial charge < -0.3 is 9.47 Å². The third-order valence-electron chi connectivity index (χ3n) is 7.34. The van der Waals surface area contributed by atoms with E-state index in [0.717, 1.165) is 11.1 Å². The van der Waals surface area contributed by atoms with Gasteiger partial charge in [-0.05, 0) is 23.3 Å². The molecule has 0 spiro atoms. The molecule has 41 heavy (non-hydrogen) atoms. The molecule has 0 radical (unpaired) electrons. The fraction of sp³-hybridized carbons (Fsp3) is 0.258. The van der Waals surface area contributed by atoms with E-state index in [1.165, 1.54) is 24.3 Å². The van der Waals surface area contributed by atoms with E-state index in [2.05, 4.69) is 0 Å². The second-order valence-corrected chi connectivity index (χ2v) is 10.0. The summed E-state index contributed by atoms with van der Waals surface area (Å²) < 4.78 is 58.0. The summed E-state index contributed by atoms with van der Waals surface area (Å²) in [5.74, 6) is -7.30. The highest BCUT2D eigenvalue weighted by atomic mass is 19.3. The number of rotatable bonds is 11. The number of hydrogen-bond donors (Lipinski definition) is 0. The number of hydrogen-bond acceptors (Lipinski definition) is 5. The van der Waals surface area contributed by atoms with Gasteiger partial charge in [0.05, 0.1) is 44.0 Å². The van der Waals surface area contributed by atoms with E-state index in [-0.39, 0.29) is 23.3 Å². The molecule has 10 heteroatoms. The van der Waals surface area contributed by atoms with Gasteiger partial charge in [0.2, 0.25) is 5.82 Å². The van der Waals surface area contributed by atoms with E-state index in [0.29, 0.717) is 10.8 Å². The molecule has 0 saturated heterocycles. The number of aromatic nitrogens is 2. The zero-order chi connectivity index (χ0) is 29.0. The Labute approximate surface area is 233 Å². The van der Waals surface area contributed by atoms with E-state index in [1.807, 2.05) is 12.1 Å². The van der Waals surface area contributed by atoms with Gasteiger partial charge in [0.15, 0.2) is 0 Å². The number of carbonyl (C=O) groups excluding carboxylic acids is 1. The Kier molecular flexibility index (Phi) is 8.05. The fourth-order valence-electron chi connectivity index (χ4n) is 4.95. The number of ether oxygens (including phenoxy) is 2. The van der Waals surface area contributed by atoms with Crippen LogP contribution in [0.25, 0.3) is 0 Å². The number of carbonyl (C=O) groups is 1. The van der Waals surface area contributed by atoms with Gasteiger partial charge in [-0.25, -0.2) is 13.6 Å². The van der Waals surface area contributed by atoms with Crippen LogP contribution in [-0.4, -0.2) is 34.2 Å². The Morgan fingerprint density at radius 1 is 0.780 bits per heavy atom. The summed E-state index contributed by atoms with van der Waals surface area (Å²) in [5.41, 5.74) is -2.94. The summed E-state index contributed by atoms with van der Waals surface area (Å²) in [6, 6.07) is 25.4. The van der Waals surface area contributed by atoms with Crippen LogP contribution in [0.2, 0.25) is 0 Å². The zero-order valence-electron chi connectivity index (χ0n) is 21.9. The van der Waals surface area contributed by atoms with E-state index in [4.69, 9.17) is 9.47 Å². The second kappa shape index (κ2) is 11.7. The summed E-state index contributed by atoms with van der Waals surface area (Å²) in [4.78, 5) is 38.5. The van der Waals surface area contributed by atoms with Crippen molar-refractivity contribution in [2.45, 2.75) is 25.7 Å². The lowest BCUT2D eigenvalue weighted by Gasteiger charge is -2.18. The molecule has 3 aromatic carbocycles. The summed E-state index contributed by atoms with van der Waals surface area (Å²) in [5, 5.41) is 0. The Balaban J connectivity index is 1.41. The number of halogens is 3. The highest BCUT2D eigenvalue weighted by molar-refractivity contribution is 5.95. The van der Waals surface area contributed by atoms with Gasteiger partial charge in [-0.2, -0.15) is 8.96 Å². The molecule has 4 aromatic rings. The summed E-state index contributed by atoms with van der Waals surface area (Å²) in [7, 11) is 0. The highest BCUT2D eigenvalue weighted by Gasteiger charge is 2.80. The molecular formula is C31H27F3N2O5. The molecule has 1 atom stereocenters. The van der Waals surface area contributed by atoms with Crippen molar-refractivity contribution >= 4 is 5.91 Å². The molecule has 0 unspecified atom stereocenters. The predicted octanol–water partition coefficient (Wildman–Crippen LogP) is 4.52. The van der Waals surface area contributed by atoms with Crippen LogP contribution in [0.4, 0.5) is 13.2 Å². The molecule has 1 aromatic heterocycles. The molecule has 1 saturated carbocycles. The van der Waals surface area contributed by atoms with Gasteiger partial charge >= 0.3 is 5.69 Å². The first kappa shape index (κ1) is 28.3. The Hall–Kier alpha value is -4.28. The quantitative estimate of drug-likeness (QED) is 0.268. The van der Waals surface area contributed by atoms with Crippen molar-refractivity contribution in [1.82, 2.24) is 9.13 Å². The van der Waals surface area contributed by atoms with Crippen molar-refractivity contribution < 1.29 is 27.4 Å². The van der Waals surface area contributed by atoms with Crippen LogP contribution < -0.4 is 11.2 Å². The van der Waals surface area contributed by atoms with Crippen molar-refractivity contribution in [2.75, 3.05) is 13.2 Å². The van der Waals surface area contributed by atoms with Gasteiger partial charge in [0.1, 0.15) is 0 Å². The van der Waals surface area contributed by atoms with Gasteiger partial charge in [-0.1, -0.05) is 78.9 Å². The Morgan fingerprint density at radius 3 is 1.78 bits per heavy atom. The van der Waals surface area contributed by atoms with E-state index in [9.17, 15) is 18.8 Å². The molecule has 1 aliphatic rings. The molecule has 0 aliphatic heterocycles. The number of alkyl halides is 2. The Morgan fingerprint density at radius 2 is 1.27 bits per heavy atom. The average Bonchev–Trinajstić information content (AvgIpc) is 3.44. The van der Waals surface area contributed by atoms with Crippen LogP contribution in [0, 0.1) is 17.2 Å². The highest BCUT2D eigenvalue weighted by Crippen LogP contribution is 2.66. The molecule has 1 fully saturated rings. The molecule has 212 valence electrons. The van der Waals surface area contributed by atoms with Gasteiger partial charge in [0, 0.05) is 12.1 Å². The molecule has 1 heterocycles. The smallest absolute Gasteiger partial charge is 0.338 e. The maximum absolute atomic E-state index is 15.6. The molecule has 0 bridgehead atoms. The average molecular weight is 565 g/mol. The third kappa shape index (κ3) is 5.66. The third-order valence-corrected chi connectivity index (χ3v) is 7.34. The standard InChI is InChI=1S/C31H27F3N2O5/c32-25-16-35(29(39)36(28(25)38)27(37)24-14-8-3-9-15-24)17-26-30(31(26,33)34,20-40-18-22-10-4-1-5-11-22)21-41-19-23-12-6-2-7-13-23/h1-16,26H,17-21H2/t26-/m0/s1. The molecule has 5 rings (SSSR count). The molecule has 0 amide bonds. The largest absolute Gasteiger partial charge is 0.376 e. The fourth-order valence-corrected chi connectivity index (χ4v) is 4.95. The van der Waals surface area contributed by atoms with Crippen LogP contribution >= 0.6 is 0 Å². The van der Waals surface area contributed by atoms with E-state index < -0.39 is 60.0 Å². The minimum absolute atomic E-state index is 0.0291. The first-order chi connectivity index (χ1) is 19.7. The lowest BCUT2D eigenvalue weighted by molar-refractivity contribution is -0.0431. The second-order valence-electron chi connectivity index (χ2n) is 10.0. The minimum Gasteiger partial charge on any atom is -0.376 e. The summed E-state index contributed by atoms with van der Waals surface area (Å²) >= 11 is 0. The number of benzene rings is 3. The van der Waals surface area contributed by atoms with Gasteiger partial charge in [-0.3, -0.25) is 14.2 Å². The van der Waals surface area contributed by atoms with E-state index >= 15 is 8.78 Å². The summed E-state index contributed by atoms with van der Waals surface area (Å²) in [6.07, 6.45) is 0.564. The first-order valence-electron chi connectivity index (χ1n) is 13.0. The molecule has 7 nitrogen and oxygen atoms in total. The first-order valence-corrected chi connectivity index (χ1v) is 13.0. The maximum Gasteiger partial charge on any atom is 0.338 e. The summed E-state index contributed by atoms with van der Waals surface area (Å²) in [6.45, 7) is -1.29. The van der Waals surface area contributed by atoms with Crippen molar-refractivity contribution in [3.63, 3.8) is 0 Å². The monoisotopic (exact) mass is 564 g/mol. The molecular weight excluding hydrogens is 537 g/mol. The lowest BCUT2D eigenvalue weighted by Crippen LogP contribution is -2.45. The predicted molar refractivity (Wildman–Crippen MR) is 144 cm³/mol. The van der Waals surface area contributed by atoms with Crippen molar-refractivity contribution in [2.24, 2.45) is 11.3 Å². The van der Waals surface area contributed by atoms with Crippen molar-refractivity contribution in [3.05, 3.63) is 141 Å². The van der Waals surface area contributed by atoms with Crippen LogP contribution in [0.5, 0.6) is 0 Å².